The highest BCUT2D eigenvalue weighted by molar-refractivity contribution is 5.28. The number of hydrogen-bond acceptors (Lipinski definition) is 3. The van der Waals surface area contributed by atoms with Crippen molar-refractivity contribution in [1.82, 2.24) is 5.32 Å². The lowest BCUT2D eigenvalue weighted by molar-refractivity contribution is 0.414. The van der Waals surface area contributed by atoms with Crippen molar-refractivity contribution in [2.45, 2.75) is 38.8 Å². The second-order valence-corrected chi connectivity index (χ2v) is 6.07. The van der Waals surface area contributed by atoms with Crippen LogP contribution in [0.1, 0.15) is 25.0 Å². The maximum Gasteiger partial charge on any atom is 0.118 e. The number of nitrogens with one attached hydrogen (secondary N) is 1. The van der Waals surface area contributed by atoms with Gasteiger partial charge in [-0.25, -0.2) is 0 Å². The second-order valence-electron chi connectivity index (χ2n) is 6.07. The van der Waals surface area contributed by atoms with Gasteiger partial charge in [0.1, 0.15) is 11.5 Å². The van der Waals surface area contributed by atoms with E-state index in [9.17, 15) is 0 Å². The smallest absolute Gasteiger partial charge is 0.118 e. The van der Waals surface area contributed by atoms with Crippen LogP contribution in [0.4, 0.5) is 0 Å². The Morgan fingerprint density at radius 3 is 1.35 bits per heavy atom. The Hall–Kier alpha value is -2.00. The molecule has 23 heavy (non-hydrogen) atoms. The molecule has 2 rings (SSSR count). The molecule has 0 spiro atoms. The number of ether oxygens (including phenoxy) is 2. The first-order chi connectivity index (χ1) is 11.1. The van der Waals surface area contributed by atoms with E-state index in [0.29, 0.717) is 12.1 Å². The summed E-state index contributed by atoms with van der Waals surface area (Å²) in [6.45, 7) is 4.46. The summed E-state index contributed by atoms with van der Waals surface area (Å²) < 4.78 is 10.4. The minimum Gasteiger partial charge on any atom is -0.497 e. The molecule has 124 valence electrons. The van der Waals surface area contributed by atoms with Crippen LogP contribution in [0.2, 0.25) is 0 Å². The van der Waals surface area contributed by atoms with Crippen LogP contribution in [0, 0.1) is 0 Å². The second kappa shape index (κ2) is 8.59. The maximum atomic E-state index is 5.20. The Kier molecular flexibility index (Phi) is 6.48. The molecular formula is C20H27NO2. The average molecular weight is 313 g/mol. The molecule has 2 aromatic carbocycles. The van der Waals surface area contributed by atoms with E-state index in [1.807, 2.05) is 24.3 Å². The molecule has 0 saturated heterocycles. The minimum atomic E-state index is 0.427. The largest absolute Gasteiger partial charge is 0.497 e. The summed E-state index contributed by atoms with van der Waals surface area (Å²) in [6.07, 6.45) is 2.02. The molecule has 0 bridgehead atoms. The Bertz CT molecular complexity index is 524. The van der Waals surface area contributed by atoms with E-state index in [1.165, 1.54) is 11.1 Å². The molecule has 0 radical (unpaired) electrons. The molecule has 0 fully saturated rings. The van der Waals surface area contributed by atoms with E-state index in [-0.39, 0.29) is 0 Å². The van der Waals surface area contributed by atoms with Gasteiger partial charge in [-0.3, -0.25) is 0 Å². The van der Waals surface area contributed by atoms with E-state index in [1.54, 1.807) is 14.2 Å². The van der Waals surface area contributed by atoms with Crippen LogP contribution in [0.25, 0.3) is 0 Å². The van der Waals surface area contributed by atoms with Gasteiger partial charge in [-0.05, 0) is 62.1 Å². The van der Waals surface area contributed by atoms with Crippen molar-refractivity contribution in [1.29, 1.82) is 0 Å². The molecular weight excluding hydrogens is 286 g/mol. The van der Waals surface area contributed by atoms with Crippen molar-refractivity contribution in [3.8, 4) is 11.5 Å². The van der Waals surface area contributed by atoms with E-state index in [4.69, 9.17) is 9.47 Å². The maximum absolute atomic E-state index is 5.20. The summed E-state index contributed by atoms with van der Waals surface area (Å²) in [5, 5.41) is 3.67. The fourth-order valence-corrected chi connectivity index (χ4v) is 2.83. The molecule has 0 aliphatic rings. The third kappa shape index (κ3) is 5.61. The van der Waals surface area contributed by atoms with Gasteiger partial charge in [0.05, 0.1) is 14.2 Å². The van der Waals surface area contributed by atoms with Gasteiger partial charge in [0, 0.05) is 12.1 Å². The third-order valence-electron chi connectivity index (χ3n) is 3.97. The fraction of sp³-hybridized carbons (Fsp3) is 0.400. The molecule has 0 heterocycles. The Labute approximate surface area is 139 Å². The third-order valence-corrected chi connectivity index (χ3v) is 3.97. The van der Waals surface area contributed by atoms with E-state index < -0.39 is 0 Å². The Morgan fingerprint density at radius 1 is 0.696 bits per heavy atom. The first-order valence-electron chi connectivity index (χ1n) is 8.12. The SMILES string of the molecule is COc1ccc(C[C@@H](C)N[C@@H](C)Cc2ccc(OC)cc2)cc1. The number of benzene rings is 2. The average Bonchev–Trinajstić information content (AvgIpc) is 2.56. The predicted octanol–water partition coefficient (Wildman–Crippen LogP) is 3.86. The van der Waals surface area contributed by atoms with Crippen LogP contribution < -0.4 is 14.8 Å². The van der Waals surface area contributed by atoms with Gasteiger partial charge in [0.25, 0.3) is 0 Å². The first-order valence-corrected chi connectivity index (χ1v) is 8.12. The van der Waals surface area contributed by atoms with Crippen LogP contribution in [0.15, 0.2) is 48.5 Å². The van der Waals surface area contributed by atoms with Gasteiger partial charge in [-0.15, -0.1) is 0 Å². The lowest BCUT2D eigenvalue weighted by Crippen LogP contribution is -2.37. The van der Waals surface area contributed by atoms with E-state index in [0.717, 1.165) is 24.3 Å². The Morgan fingerprint density at radius 2 is 1.04 bits per heavy atom. The summed E-state index contributed by atoms with van der Waals surface area (Å²) in [4.78, 5) is 0. The highest BCUT2D eigenvalue weighted by atomic mass is 16.5. The molecule has 3 nitrogen and oxygen atoms in total. The van der Waals surface area contributed by atoms with Gasteiger partial charge in [0.15, 0.2) is 0 Å². The summed E-state index contributed by atoms with van der Waals surface area (Å²) in [6, 6.07) is 17.4. The Balaban J connectivity index is 1.82. The number of hydrogen-bond donors (Lipinski definition) is 1. The highest BCUT2D eigenvalue weighted by Crippen LogP contribution is 2.14. The summed E-state index contributed by atoms with van der Waals surface area (Å²) >= 11 is 0. The van der Waals surface area contributed by atoms with Crippen LogP contribution >= 0.6 is 0 Å². The van der Waals surface area contributed by atoms with Gasteiger partial charge < -0.3 is 14.8 Å². The molecule has 0 aliphatic carbocycles. The molecule has 0 aliphatic heterocycles. The van der Waals surface area contributed by atoms with Gasteiger partial charge >= 0.3 is 0 Å². The van der Waals surface area contributed by atoms with Crippen molar-refractivity contribution in [3.05, 3.63) is 59.7 Å². The van der Waals surface area contributed by atoms with Crippen LogP contribution in [-0.2, 0) is 12.8 Å². The predicted molar refractivity (Wildman–Crippen MR) is 95.5 cm³/mol. The molecule has 0 saturated carbocycles. The summed E-state index contributed by atoms with van der Waals surface area (Å²) in [5.41, 5.74) is 2.64. The zero-order chi connectivity index (χ0) is 16.7. The molecule has 0 aromatic heterocycles. The van der Waals surface area contributed by atoms with Gasteiger partial charge in [-0.1, -0.05) is 24.3 Å². The van der Waals surface area contributed by atoms with Crippen molar-refractivity contribution in [2.24, 2.45) is 0 Å². The molecule has 3 heteroatoms. The molecule has 0 unspecified atom stereocenters. The normalized spacial score (nSPS) is 13.4. The van der Waals surface area contributed by atoms with Crippen molar-refractivity contribution < 1.29 is 9.47 Å². The number of methoxy groups -OCH3 is 2. The van der Waals surface area contributed by atoms with Crippen molar-refractivity contribution in [2.75, 3.05) is 14.2 Å². The van der Waals surface area contributed by atoms with Gasteiger partial charge in [0.2, 0.25) is 0 Å². The van der Waals surface area contributed by atoms with Crippen LogP contribution in [-0.4, -0.2) is 26.3 Å². The zero-order valence-electron chi connectivity index (χ0n) is 14.5. The highest BCUT2D eigenvalue weighted by Gasteiger charge is 2.09. The first kappa shape index (κ1) is 17.4. The number of rotatable bonds is 8. The molecule has 1 N–H and O–H groups in total. The molecule has 0 amide bonds. The van der Waals surface area contributed by atoms with E-state index >= 15 is 0 Å². The quantitative estimate of drug-likeness (QED) is 0.803. The van der Waals surface area contributed by atoms with Crippen molar-refractivity contribution >= 4 is 0 Å². The zero-order valence-corrected chi connectivity index (χ0v) is 14.5. The van der Waals surface area contributed by atoms with Crippen molar-refractivity contribution in [3.63, 3.8) is 0 Å². The van der Waals surface area contributed by atoms with Gasteiger partial charge in [-0.2, -0.15) is 0 Å². The topological polar surface area (TPSA) is 30.5 Å². The van der Waals surface area contributed by atoms with Crippen LogP contribution in [0.3, 0.4) is 0 Å². The standard InChI is InChI=1S/C20H27NO2/c1-15(13-17-5-9-19(22-3)10-6-17)21-16(2)14-18-7-11-20(23-4)12-8-18/h5-12,15-16,21H,13-14H2,1-4H3/t15-,16+. The lowest BCUT2D eigenvalue weighted by atomic mass is 10.0. The fourth-order valence-electron chi connectivity index (χ4n) is 2.83. The van der Waals surface area contributed by atoms with E-state index in [2.05, 4.69) is 43.4 Å². The monoisotopic (exact) mass is 313 g/mol. The molecule has 2 atom stereocenters. The lowest BCUT2D eigenvalue weighted by Gasteiger charge is -2.20. The van der Waals surface area contributed by atoms with Crippen LogP contribution in [0.5, 0.6) is 11.5 Å². The summed E-state index contributed by atoms with van der Waals surface area (Å²) in [5.74, 6) is 1.81. The minimum absolute atomic E-state index is 0.427. The summed E-state index contributed by atoms with van der Waals surface area (Å²) in [7, 11) is 3.39. The molecule has 2 aromatic rings.